The Morgan fingerprint density at radius 2 is 2.06 bits per heavy atom. The van der Waals surface area contributed by atoms with Crippen molar-refractivity contribution in [1.29, 1.82) is 0 Å². The molecule has 0 fully saturated rings. The predicted octanol–water partition coefficient (Wildman–Crippen LogP) is 3.61. The molecule has 2 aromatic heterocycles. The fourth-order valence-corrected chi connectivity index (χ4v) is 3.79. The Hall–Kier alpha value is -3.39. The van der Waals surface area contributed by atoms with Gasteiger partial charge >= 0.3 is 5.97 Å². The van der Waals surface area contributed by atoms with Gasteiger partial charge in [0, 0.05) is 29.0 Å². The van der Waals surface area contributed by atoms with Crippen LogP contribution in [0, 0.1) is 20.8 Å². The summed E-state index contributed by atoms with van der Waals surface area (Å²) >= 11 is 1.54. The van der Waals surface area contributed by atoms with E-state index in [1.54, 1.807) is 23.6 Å². The van der Waals surface area contributed by atoms with Crippen LogP contribution in [0.25, 0.3) is 11.2 Å². The maximum Gasteiger partial charge on any atom is 0.331 e. The number of nitrogens with zero attached hydrogens (tertiary/aromatic N) is 2. The summed E-state index contributed by atoms with van der Waals surface area (Å²) in [5, 5.41) is 5.45. The number of aryl methyl sites for hydroxylation is 2. The molecule has 0 aliphatic carbocycles. The molecule has 0 spiro atoms. The lowest BCUT2D eigenvalue weighted by molar-refractivity contribution is -0.143. The number of rotatable bonds is 9. The van der Waals surface area contributed by atoms with E-state index >= 15 is 0 Å². The van der Waals surface area contributed by atoms with E-state index in [1.807, 2.05) is 61.1 Å². The van der Waals surface area contributed by atoms with Gasteiger partial charge in [-0.1, -0.05) is 12.1 Å². The third kappa shape index (κ3) is 6.29. The van der Waals surface area contributed by atoms with Crippen LogP contribution in [0.3, 0.4) is 0 Å². The molecular weight excluding hydrogens is 414 g/mol. The van der Waals surface area contributed by atoms with E-state index in [0.717, 1.165) is 33.4 Å². The Kier molecular flexibility index (Phi) is 7.61. The molecule has 2 heterocycles. The van der Waals surface area contributed by atoms with Gasteiger partial charge in [0.25, 0.3) is 5.91 Å². The lowest BCUT2D eigenvalue weighted by Crippen LogP contribution is -2.31. The number of ether oxygens (including phenoxy) is 2. The highest BCUT2D eigenvalue weighted by atomic mass is 32.1. The van der Waals surface area contributed by atoms with Crippen LogP contribution in [0.2, 0.25) is 0 Å². The normalized spacial score (nSPS) is 10.9. The molecule has 3 rings (SSSR count). The van der Waals surface area contributed by atoms with Gasteiger partial charge in [0.2, 0.25) is 0 Å². The molecule has 8 heteroatoms. The second-order valence-electron chi connectivity index (χ2n) is 6.93. The topological polar surface area (TPSA) is 82.5 Å². The van der Waals surface area contributed by atoms with Crippen molar-refractivity contribution in [1.82, 2.24) is 14.9 Å². The highest BCUT2D eigenvalue weighted by Crippen LogP contribution is 2.23. The SMILES string of the molecule is Cc1cccc(OCCNC(=O)COC(=O)/C=C/c2cc(C)n(-c3nccs3)c2C)c1. The minimum atomic E-state index is -0.579. The number of hydrogen-bond acceptors (Lipinski definition) is 6. The van der Waals surface area contributed by atoms with Gasteiger partial charge < -0.3 is 14.8 Å². The average molecular weight is 440 g/mol. The molecule has 0 aliphatic rings. The fraction of sp³-hybridized carbons (Fsp3) is 0.261. The maximum absolute atomic E-state index is 12.0. The van der Waals surface area contributed by atoms with Crippen molar-refractivity contribution in [2.45, 2.75) is 20.8 Å². The molecule has 1 aromatic carbocycles. The summed E-state index contributed by atoms with van der Waals surface area (Å²) in [7, 11) is 0. The van der Waals surface area contributed by atoms with Gasteiger partial charge in [0.05, 0.1) is 6.54 Å². The maximum atomic E-state index is 12.0. The van der Waals surface area contributed by atoms with Crippen LogP contribution in [-0.4, -0.2) is 41.2 Å². The molecule has 31 heavy (non-hydrogen) atoms. The molecule has 0 unspecified atom stereocenters. The molecule has 0 bridgehead atoms. The second kappa shape index (κ2) is 10.6. The van der Waals surface area contributed by atoms with Crippen molar-refractivity contribution >= 4 is 29.3 Å². The monoisotopic (exact) mass is 439 g/mol. The molecular formula is C23H25N3O4S. The van der Waals surface area contributed by atoms with Gasteiger partial charge in [-0.25, -0.2) is 9.78 Å². The van der Waals surface area contributed by atoms with Gasteiger partial charge in [-0.15, -0.1) is 11.3 Å². The van der Waals surface area contributed by atoms with Crippen molar-refractivity contribution in [3.05, 3.63) is 70.5 Å². The van der Waals surface area contributed by atoms with Crippen LogP contribution in [-0.2, 0) is 14.3 Å². The number of carbonyl (C=O) groups is 2. The van der Waals surface area contributed by atoms with E-state index in [4.69, 9.17) is 9.47 Å². The van der Waals surface area contributed by atoms with Gasteiger partial charge in [0.15, 0.2) is 11.7 Å². The number of aromatic nitrogens is 2. The van der Waals surface area contributed by atoms with Crippen molar-refractivity contribution in [2.24, 2.45) is 0 Å². The first-order valence-corrected chi connectivity index (χ1v) is 10.7. The fourth-order valence-electron chi connectivity index (χ4n) is 3.04. The molecule has 0 saturated heterocycles. The van der Waals surface area contributed by atoms with E-state index in [2.05, 4.69) is 10.3 Å². The van der Waals surface area contributed by atoms with Crippen LogP contribution < -0.4 is 10.1 Å². The number of benzene rings is 1. The first kappa shape index (κ1) is 22.3. The van der Waals surface area contributed by atoms with Crippen molar-refractivity contribution in [2.75, 3.05) is 19.8 Å². The number of esters is 1. The molecule has 3 aromatic rings. The number of thiazole rings is 1. The molecule has 1 amide bonds. The van der Waals surface area contributed by atoms with Crippen LogP contribution in [0.1, 0.15) is 22.5 Å². The molecule has 0 aliphatic heterocycles. The third-order valence-electron chi connectivity index (χ3n) is 4.51. The number of nitrogens with one attached hydrogen (secondary N) is 1. The van der Waals surface area contributed by atoms with Gasteiger partial charge in [-0.2, -0.15) is 0 Å². The van der Waals surface area contributed by atoms with Crippen molar-refractivity contribution in [3.63, 3.8) is 0 Å². The molecule has 0 atom stereocenters. The largest absolute Gasteiger partial charge is 0.492 e. The average Bonchev–Trinajstić information content (AvgIpc) is 3.35. The third-order valence-corrected chi connectivity index (χ3v) is 5.26. The standard InChI is InChI=1S/C23H25N3O4S/c1-16-5-4-6-20(13-16)29-11-9-24-21(27)15-30-22(28)8-7-19-14-17(2)26(18(19)3)23-25-10-12-31-23/h4-8,10,12-14H,9,11,15H2,1-3H3,(H,24,27)/b8-7+. The zero-order valence-electron chi connectivity index (χ0n) is 17.8. The van der Waals surface area contributed by atoms with E-state index in [0.29, 0.717) is 13.2 Å². The quantitative estimate of drug-likeness (QED) is 0.313. The van der Waals surface area contributed by atoms with E-state index in [1.165, 1.54) is 6.08 Å². The van der Waals surface area contributed by atoms with Crippen LogP contribution >= 0.6 is 11.3 Å². The van der Waals surface area contributed by atoms with Gasteiger partial charge in [0.1, 0.15) is 12.4 Å². The van der Waals surface area contributed by atoms with Gasteiger partial charge in [-0.3, -0.25) is 9.36 Å². The Labute approximate surface area is 185 Å². The number of carbonyl (C=O) groups excluding carboxylic acids is 2. The molecule has 162 valence electrons. The van der Waals surface area contributed by atoms with Crippen molar-refractivity contribution in [3.8, 4) is 10.9 Å². The zero-order valence-corrected chi connectivity index (χ0v) is 18.6. The lowest BCUT2D eigenvalue weighted by Gasteiger charge is -2.08. The van der Waals surface area contributed by atoms with Crippen LogP contribution in [0.4, 0.5) is 0 Å². The molecule has 1 N–H and O–H groups in total. The predicted molar refractivity (Wildman–Crippen MR) is 121 cm³/mol. The summed E-state index contributed by atoms with van der Waals surface area (Å²) in [5.41, 5.74) is 3.99. The lowest BCUT2D eigenvalue weighted by atomic mass is 10.2. The summed E-state index contributed by atoms with van der Waals surface area (Å²) in [6.07, 6.45) is 4.76. The summed E-state index contributed by atoms with van der Waals surface area (Å²) in [6.45, 7) is 6.24. The Balaban J connectivity index is 1.41. The number of amides is 1. The molecule has 7 nitrogen and oxygen atoms in total. The van der Waals surface area contributed by atoms with Crippen LogP contribution in [0.5, 0.6) is 5.75 Å². The van der Waals surface area contributed by atoms with E-state index in [9.17, 15) is 9.59 Å². The highest BCUT2D eigenvalue weighted by Gasteiger charge is 2.11. The Morgan fingerprint density at radius 1 is 1.23 bits per heavy atom. The van der Waals surface area contributed by atoms with Crippen LogP contribution in [0.15, 0.2) is 48.0 Å². The minimum Gasteiger partial charge on any atom is -0.492 e. The van der Waals surface area contributed by atoms with Crippen molar-refractivity contribution < 1.29 is 19.1 Å². The highest BCUT2D eigenvalue weighted by molar-refractivity contribution is 7.12. The summed E-state index contributed by atoms with van der Waals surface area (Å²) in [4.78, 5) is 28.1. The summed E-state index contributed by atoms with van der Waals surface area (Å²) in [6, 6.07) is 9.65. The number of hydrogen-bond donors (Lipinski definition) is 1. The summed E-state index contributed by atoms with van der Waals surface area (Å²) < 4.78 is 12.6. The smallest absolute Gasteiger partial charge is 0.331 e. The van der Waals surface area contributed by atoms with E-state index < -0.39 is 5.97 Å². The van der Waals surface area contributed by atoms with E-state index in [-0.39, 0.29) is 12.5 Å². The minimum absolute atomic E-state index is 0.322. The Bertz CT molecular complexity index is 1070. The van der Waals surface area contributed by atoms with Gasteiger partial charge in [-0.05, 0) is 56.2 Å². The first-order chi connectivity index (χ1) is 14.9. The molecule has 0 radical (unpaired) electrons. The second-order valence-corrected chi connectivity index (χ2v) is 7.81. The Morgan fingerprint density at radius 3 is 2.81 bits per heavy atom. The first-order valence-electron chi connectivity index (χ1n) is 9.84. The summed E-state index contributed by atoms with van der Waals surface area (Å²) in [5.74, 6) is -0.207. The zero-order chi connectivity index (χ0) is 22.2. The molecule has 0 saturated carbocycles.